The number of fused-ring (bicyclic) bond motifs is 1. The minimum atomic E-state index is 0.247. The van der Waals surface area contributed by atoms with Gasteiger partial charge in [-0.05, 0) is 24.3 Å². The molecule has 2 N–H and O–H groups in total. The maximum atomic E-state index is 6.17. The van der Waals surface area contributed by atoms with Crippen LogP contribution in [0.4, 0.5) is 5.69 Å². The fraction of sp³-hybridized carbons (Fsp3) is 0.235. The Hall–Kier alpha value is -1.89. The van der Waals surface area contributed by atoms with Crippen LogP contribution < -0.4 is 15.2 Å². The van der Waals surface area contributed by atoms with Crippen molar-refractivity contribution in [3.05, 3.63) is 52.5 Å². The zero-order valence-electron chi connectivity index (χ0n) is 13.1. The van der Waals surface area contributed by atoms with E-state index in [4.69, 9.17) is 31.5 Å². The third-order valence-corrected chi connectivity index (χ3v) is 4.50. The molecule has 0 aliphatic carbocycles. The highest BCUT2D eigenvalue weighted by Crippen LogP contribution is 2.34. The fourth-order valence-corrected chi connectivity index (χ4v) is 3.33. The summed E-state index contributed by atoms with van der Waals surface area (Å²) in [6.07, 6.45) is 0. The molecule has 1 heterocycles. The second kappa shape index (κ2) is 7.79. The zero-order chi connectivity index (χ0) is 16.9. The lowest BCUT2D eigenvalue weighted by atomic mass is 10.1. The minimum absolute atomic E-state index is 0.247. The first-order valence-corrected chi connectivity index (χ1v) is 8.65. The number of hydrogen-bond donors (Lipinski definition) is 1. The largest absolute Gasteiger partial charge is 0.494 e. The van der Waals surface area contributed by atoms with E-state index >= 15 is 0 Å². The zero-order valence-corrected chi connectivity index (χ0v) is 14.7. The lowest BCUT2D eigenvalue weighted by molar-refractivity contribution is -0.0168. The van der Waals surface area contributed by atoms with E-state index in [-0.39, 0.29) is 6.79 Å². The Morgan fingerprint density at radius 2 is 2.21 bits per heavy atom. The summed E-state index contributed by atoms with van der Waals surface area (Å²) in [5, 5.41) is 1.10. The van der Waals surface area contributed by atoms with E-state index in [1.165, 1.54) is 11.8 Å². The van der Waals surface area contributed by atoms with Crippen LogP contribution >= 0.6 is 23.4 Å². The molecule has 3 rings (SSSR count). The standard InChI is InChI=1S/C17H17ClN2O3S/c1-21-15-5-3-2-4-14(15)20-17(19)24-9-12-7-13(18)6-11-8-22-10-23-16(11)12/h2-7H,8-10H2,1H3,(H2,19,20). The Balaban J connectivity index is 1.76. The van der Waals surface area contributed by atoms with E-state index < -0.39 is 0 Å². The number of rotatable bonds is 4. The summed E-state index contributed by atoms with van der Waals surface area (Å²) in [5.41, 5.74) is 8.67. The van der Waals surface area contributed by atoms with Gasteiger partial charge in [-0.25, -0.2) is 4.99 Å². The highest BCUT2D eigenvalue weighted by Gasteiger charge is 2.16. The number of amidine groups is 1. The van der Waals surface area contributed by atoms with Crippen LogP contribution in [0.2, 0.25) is 5.02 Å². The van der Waals surface area contributed by atoms with Crippen LogP contribution in [-0.4, -0.2) is 19.1 Å². The Morgan fingerprint density at radius 1 is 1.38 bits per heavy atom. The first-order valence-electron chi connectivity index (χ1n) is 7.29. The Bertz CT molecular complexity index is 767. The van der Waals surface area contributed by atoms with Gasteiger partial charge in [0.15, 0.2) is 12.0 Å². The van der Waals surface area contributed by atoms with Gasteiger partial charge in [0.25, 0.3) is 0 Å². The number of methoxy groups -OCH3 is 1. The van der Waals surface area contributed by atoms with Crippen molar-refractivity contribution in [1.29, 1.82) is 0 Å². The summed E-state index contributed by atoms with van der Waals surface area (Å²) >= 11 is 7.59. The van der Waals surface area contributed by atoms with E-state index in [9.17, 15) is 0 Å². The summed E-state index contributed by atoms with van der Waals surface area (Å²) in [4.78, 5) is 4.41. The average molecular weight is 365 g/mol. The van der Waals surface area contributed by atoms with Gasteiger partial charge >= 0.3 is 0 Å². The molecule has 2 aromatic rings. The maximum Gasteiger partial charge on any atom is 0.189 e. The SMILES string of the molecule is COc1ccccc1N=C(N)SCc1cc(Cl)cc2c1OCOC2. The number of para-hydroxylation sites is 2. The first-order chi connectivity index (χ1) is 11.7. The van der Waals surface area contributed by atoms with E-state index in [0.29, 0.717) is 34.0 Å². The maximum absolute atomic E-state index is 6.17. The summed E-state index contributed by atoms with van der Waals surface area (Å²) < 4.78 is 16.2. The molecule has 0 bridgehead atoms. The van der Waals surface area contributed by atoms with Crippen molar-refractivity contribution in [2.24, 2.45) is 10.7 Å². The van der Waals surface area contributed by atoms with Gasteiger partial charge in [0.2, 0.25) is 0 Å². The van der Waals surface area contributed by atoms with Gasteiger partial charge in [0.1, 0.15) is 17.2 Å². The molecule has 0 fully saturated rings. The lowest BCUT2D eigenvalue weighted by Crippen LogP contribution is -2.13. The molecule has 126 valence electrons. The van der Waals surface area contributed by atoms with Crippen LogP contribution in [0.1, 0.15) is 11.1 Å². The van der Waals surface area contributed by atoms with Crippen molar-refractivity contribution < 1.29 is 14.2 Å². The molecule has 0 aromatic heterocycles. The lowest BCUT2D eigenvalue weighted by Gasteiger charge is -2.21. The van der Waals surface area contributed by atoms with Gasteiger partial charge in [-0.1, -0.05) is 35.5 Å². The predicted molar refractivity (Wildman–Crippen MR) is 97.3 cm³/mol. The van der Waals surface area contributed by atoms with E-state index in [2.05, 4.69) is 4.99 Å². The number of halogens is 1. The Kier molecular flexibility index (Phi) is 5.50. The van der Waals surface area contributed by atoms with Crippen LogP contribution in [-0.2, 0) is 17.1 Å². The van der Waals surface area contributed by atoms with Crippen molar-refractivity contribution in [3.8, 4) is 11.5 Å². The summed E-state index contributed by atoms with van der Waals surface area (Å²) in [5.74, 6) is 2.11. The smallest absolute Gasteiger partial charge is 0.189 e. The Labute approximate surface area is 149 Å². The van der Waals surface area contributed by atoms with Crippen LogP contribution in [0, 0.1) is 0 Å². The van der Waals surface area contributed by atoms with Crippen molar-refractivity contribution in [1.82, 2.24) is 0 Å². The van der Waals surface area contributed by atoms with Crippen LogP contribution in [0.15, 0.2) is 41.4 Å². The molecule has 7 heteroatoms. The normalized spacial score (nSPS) is 14.0. The van der Waals surface area contributed by atoms with E-state index in [0.717, 1.165) is 16.9 Å². The van der Waals surface area contributed by atoms with E-state index in [1.807, 2.05) is 36.4 Å². The van der Waals surface area contributed by atoms with Gasteiger partial charge in [0.05, 0.1) is 13.7 Å². The number of nitrogens with two attached hydrogens (primary N) is 1. The highest BCUT2D eigenvalue weighted by molar-refractivity contribution is 8.13. The molecule has 0 saturated carbocycles. The molecule has 0 amide bonds. The van der Waals surface area contributed by atoms with Crippen LogP contribution in [0.25, 0.3) is 0 Å². The molecule has 1 aliphatic heterocycles. The summed E-state index contributed by atoms with van der Waals surface area (Å²) in [7, 11) is 1.61. The van der Waals surface area contributed by atoms with Crippen molar-refractivity contribution >= 4 is 34.2 Å². The summed E-state index contributed by atoms with van der Waals surface area (Å²) in [6, 6.07) is 11.2. The van der Waals surface area contributed by atoms with Gasteiger partial charge in [-0.15, -0.1) is 0 Å². The van der Waals surface area contributed by atoms with Crippen molar-refractivity contribution in [2.75, 3.05) is 13.9 Å². The second-order valence-electron chi connectivity index (χ2n) is 5.07. The highest BCUT2D eigenvalue weighted by atomic mass is 35.5. The van der Waals surface area contributed by atoms with Gasteiger partial charge in [-0.3, -0.25) is 0 Å². The molecular weight excluding hydrogens is 348 g/mol. The number of nitrogens with zero attached hydrogens (tertiary/aromatic N) is 1. The number of aliphatic imine (C=N–C) groups is 1. The van der Waals surface area contributed by atoms with Gasteiger partial charge < -0.3 is 19.9 Å². The monoisotopic (exact) mass is 364 g/mol. The van der Waals surface area contributed by atoms with Crippen molar-refractivity contribution in [3.63, 3.8) is 0 Å². The molecule has 0 spiro atoms. The predicted octanol–water partition coefficient (Wildman–Crippen LogP) is 4.09. The van der Waals surface area contributed by atoms with Gasteiger partial charge in [0, 0.05) is 21.9 Å². The fourth-order valence-electron chi connectivity index (χ4n) is 2.39. The Morgan fingerprint density at radius 3 is 3.04 bits per heavy atom. The topological polar surface area (TPSA) is 66.1 Å². The molecule has 5 nitrogen and oxygen atoms in total. The molecule has 0 atom stereocenters. The average Bonchev–Trinajstić information content (AvgIpc) is 2.60. The minimum Gasteiger partial charge on any atom is -0.494 e. The molecule has 0 radical (unpaired) electrons. The summed E-state index contributed by atoms with van der Waals surface area (Å²) in [6.45, 7) is 0.745. The van der Waals surface area contributed by atoms with Gasteiger partial charge in [-0.2, -0.15) is 0 Å². The van der Waals surface area contributed by atoms with Crippen LogP contribution in [0.3, 0.4) is 0 Å². The number of hydrogen-bond acceptors (Lipinski definition) is 5. The molecule has 2 aromatic carbocycles. The molecule has 24 heavy (non-hydrogen) atoms. The second-order valence-corrected chi connectivity index (χ2v) is 6.51. The number of thioether (sulfide) groups is 1. The van der Waals surface area contributed by atoms with Crippen LogP contribution in [0.5, 0.6) is 11.5 Å². The molecule has 0 saturated heterocycles. The van der Waals surface area contributed by atoms with Crippen molar-refractivity contribution in [2.45, 2.75) is 12.4 Å². The van der Waals surface area contributed by atoms with E-state index in [1.54, 1.807) is 7.11 Å². The number of benzene rings is 2. The molecule has 1 aliphatic rings. The third-order valence-electron chi connectivity index (χ3n) is 3.44. The quantitative estimate of drug-likeness (QED) is 0.653. The third kappa shape index (κ3) is 3.95. The first kappa shape index (κ1) is 17.0. The molecule has 0 unspecified atom stereocenters. The number of ether oxygens (including phenoxy) is 3. The molecular formula is C17H17ClN2O3S.